The molecule has 1 aliphatic heterocycles. The van der Waals surface area contributed by atoms with Crippen LogP contribution in [0.2, 0.25) is 0 Å². The van der Waals surface area contributed by atoms with Crippen LogP contribution in [0.25, 0.3) is 11.0 Å². The summed E-state index contributed by atoms with van der Waals surface area (Å²) >= 11 is 0. The van der Waals surface area contributed by atoms with Gasteiger partial charge in [0.05, 0.1) is 18.5 Å². The van der Waals surface area contributed by atoms with Gasteiger partial charge in [0.25, 0.3) is 5.91 Å². The Balaban J connectivity index is 1.54. The van der Waals surface area contributed by atoms with Crippen molar-refractivity contribution in [1.29, 1.82) is 0 Å². The molecule has 4 rings (SSSR count). The van der Waals surface area contributed by atoms with Gasteiger partial charge in [-0.2, -0.15) is 0 Å². The largest absolute Gasteiger partial charge is 0.497 e. The van der Waals surface area contributed by atoms with Gasteiger partial charge in [-0.15, -0.1) is 0 Å². The Hall–Kier alpha value is -3.12. The molecule has 0 radical (unpaired) electrons. The zero-order valence-corrected chi connectivity index (χ0v) is 18.7. The number of piperidine rings is 1. The Morgan fingerprint density at radius 3 is 2.53 bits per heavy atom. The fourth-order valence-corrected chi connectivity index (χ4v) is 4.33. The van der Waals surface area contributed by atoms with E-state index in [1.54, 1.807) is 13.2 Å². The average molecular weight is 435 g/mol. The summed E-state index contributed by atoms with van der Waals surface area (Å²) in [5.41, 5.74) is 2.42. The lowest BCUT2D eigenvalue weighted by atomic mass is 10.0. The van der Waals surface area contributed by atoms with Crippen LogP contribution in [0.3, 0.4) is 0 Å². The number of aryl methyl sites for hydroxylation is 1. The highest BCUT2D eigenvalue weighted by Gasteiger charge is 2.24. The highest BCUT2D eigenvalue weighted by Crippen LogP contribution is 2.26. The fourth-order valence-electron chi connectivity index (χ4n) is 4.33. The maximum atomic E-state index is 12.9. The Kier molecular flexibility index (Phi) is 6.90. The van der Waals surface area contributed by atoms with Crippen molar-refractivity contribution in [2.45, 2.75) is 38.6 Å². The van der Waals surface area contributed by atoms with E-state index in [4.69, 9.17) is 9.15 Å². The molecule has 6 nitrogen and oxygen atoms in total. The van der Waals surface area contributed by atoms with Crippen LogP contribution in [0.1, 0.15) is 53.9 Å². The van der Waals surface area contributed by atoms with Gasteiger partial charge in [-0.3, -0.25) is 14.5 Å². The summed E-state index contributed by atoms with van der Waals surface area (Å²) in [7, 11) is 1.65. The Labute approximate surface area is 188 Å². The Morgan fingerprint density at radius 2 is 1.84 bits per heavy atom. The predicted molar refractivity (Wildman–Crippen MR) is 125 cm³/mol. The topological polar surface area (TPSA) is 71.8 Å². The van der Waals surface area contributed by atoms with Gasteiger partial charge in [-0.25, -0.2) is 0 Å². The Morgan fingerprint density at radius 1 is 1.09 bits per heavy atom. The first-order valence-electron chi connectivity index (χ1n) is 11.3. The minimum atomic E-state index is -0.376. The summed E-state index contributed by atoms with van der Waals surface area (Å²) in [6.07, 6.45) is 4.38. The highest BCUT2D eigenvalue weighted by molar-refractivity contribution is 5.93. The van der Waals surface area contributed by atoms with E-state index < -0.39 is 0 Å². The minimum Gasteiger partial charge on any atom is -0.497 e. The Bertz CT molecular complexity index is 1130. The maximum Gasteiger partial charge on any atom is 0.287 e. The minimum absolute atomic E-state index is 0.0406. The molecule has 2 heterocycles. The van der Waals surface area contributed by atoms with Gasteiger partial charge in [0.15, 0.2) is 11.2 Å². The molecule has 1 saturated heterocycles. The van der Waals surface area contributed by atoms with Crippen molar-refractivity contribution in [3.63, 3.8) is 0 Å². The number of hydrogen-bond donors (Lipinski definition) is 1. The van der Waals surface area contributed by atoms with E-state index in [0.717, 1.165) is 49.2 Å². The van der Waals surface area contributed by atoms with Crippen molar-refractivity contribution in [1.82, 2.24) is 10.2 Å². The molecule has 0 saturated carbocycles. The van der Waals surface area contributed by atoms with E-state index in [0.29, 0.717) is 17.5 Å². The van der Waals surface area contributed by atoms with Gasteiger partial charge in [0, 0.05) is 12.6 Å². The second kappa shape index (κ2) is 10.0. The van der Waals surface area contributed by atoms with Crippen LogP contribution < -0.4 is 15.5 Å². The van der Waals surface area contributed by atoms with E-state index in [9.17, 15) is 9.59 Å². The lowest BCUT2D eigenvalue weighted by Crippen LogP contribution is -2.40. The standard InChI is InChI=1S/C26H30N2O4/c1-3-18-7-12-24-21(15-18)23(29)16-25(32-24)26(30)27-17-22(28-13-5-4-6-14-28)19-8-10-20(31-2)11-9-19/h7-12,15-16,22H,3-6,13-14,17H2,1-2H3,(H,27,30)/t22-/m0/s1. The van der Waals surface area contributed by atoms with Crippen LogP contribution in [0, 0.1) is 0 Å². The molecular formula is C26H30N2O4. The van der Waals surface area contributed by atoms with Crippen LogP contribution in [-0.4, -0.2) is 37.6 Å². The van der Waals surface area contributed by atoms with E-state index in [-0.39, 0.29) is 23.1 Å². The molecule has 1 fully saturated rings. The fraction of sp³-hybridized carbons (Fsp3) is 0.385. The van der Waals surface area contributed by atoms with E-state index in [1.165, 1.54) is 12.5 Å². The quantitative estimate of drug-likeness (QED) is 0.600. The average Bonchev–Trinajstić information content (AvgIpc) is 2.84. The van der Waals surface area contributed by atoms with Crippen molar-refractivity contribution >= 4 is 16.9 Å². The van der Waals surface area contributed by atoms with E-state index in [2.05, 4.69) is 10.2 Å². The molecule has 0 bridgehead atoms. The molecule has 2 aromatic carbocycles. The summed E-state index contributed by atoms with van der Waals surface area (Å²) in [5, 5.41) is 3.50. The van der Waals surface area contributed by atoms with Gasteiger partial charge in [0.1, 0.15) is 11.3 Å². The zero-order chi connectivity index (χ0) is 22.5. The van der Waals surface area contributed by atoms with Crippen LogP contribution >= 0.6 is 0 Å². The number of nitrogens with zero attached hydrogens (tertiary/aromatic N) is 1. The maximum absolute atomic E-state index is 12.9. The van der Waals surface area contributed by atoms with Crippen molar-refractivity contribution < 1.29 is 13.9 Å². The monoisotopic (exact) mass is 434 g/mol. The molecule has 6 heteroatoms. The molecule has 1 N–H and O–H groups in total. The number of hydrogen-bond acceptors (Lipinski definition) is 5. The molecular weight excluding hydrogens is 404 g/mol. The van der Waals surface area contributed by atoms with Gasteiger partial charge in [-0.1, -0.05) is 31.5 Å². The number of carbonyl (C=O) groups excluding carboxylic acids is 1. The number of ether oxygens (including phenoxy) is 1. The van der Waals surface area contributed by atoms with Crippen LogP contribution in [0.5, 0.6) is 5.75 Å². The SMILES string of the molecule is CCc1ccc2oc(C(=O)NC[C@@H](c3ccc(OC)cc3)N3CCCCC3)cc(=O)c2c1. The third kappa shape index (κ3) is 4.86. The van der Waals surface area contributed by atoms with Gasteiger partial charge >= 0.3 is 0 Å². The zero-order valence-electron chi connectivity index (χ0n) is 18.7. The number of benzene rings is 2. The first kappa shape index (κ1) is 22.1. The molecule has 0 spiro atoms. The van der Waals surface area contributed by atoms with Crippen molar-refractivity contribution in [3.8, 4) is 5.75 Å². The van der Waals surface area contributed by atoms with Crippen LogP contribution in [-0.2, 0) is 6.42 Å². The normalized spacial score (nSPS) is 15.4. The summed E-state index contributed by atoms with van der Waals surface area (Å²) in [6.45, 7) is 4.46. The van der Waals surface area contributed by atoms with Gasteiger partial charge in [-0.05, 0) is 67.7 Å². The third-order valence-corrected chi connectivity index (χ3v) is 6.21. The molecule has 1 atom stereocenters. The summed E-state index contributed by atoms with van der Waals surface area (Å²) in [5.74, 6) is 0.470. The molecule has 3 aromatic rings. The molecule has 0 aliphatic carbocycles. The lowest BCUT2D eigenvalue weighted by molar-refractivity contribution is 0.0897. The second-order valence-electron chi connectivity index (χ2n) is 8.25. The van der Waals surface area contributed by atoms with Crippen LogP contribution in [0.4, 0.5) is 0 Å². The van der Waals surface area contributed by atoms with Gasteiger partial charge in [0.2, 0.25) is 0 Å². The van der Waals surface area contributed by atoms with Crippen molar-refractivity contribution in [3.05, 3.63) is 75.6 Å². The summed E-state index contributed by atoms with van der Waals surface area (Å²) in [4.78, 5) is 27.9. The second-order valence-corrected chi connectivity index (χ2v) is 8.25. The summed E-state index contributed by atoms with van der Waals surface area (Å²) < 4.78 is 11.1. The molecule has 1 aromatic heterocycles. The number of nitrogens with one attached hydrogen (secondary N) is 1. The third-order valence-electron chi connectivity index (χ3n) is 6.21. The highest BCUT2D eigenvalue weighted by atomic mass is 16.5. The van der Waals surface area contributed by atoms with Crippen molar-refractivity contribution in [2.24, 2.45) is 0 Å². The molecule has 0 unspecified atom stereocenters. The predicted octanol–water partition coefficient (Wildman–Crippen LogP) is 4.32. The molecule has 32 heavy (non-hydrogen) atoms. The lowest BCUT2D eigenvalue weighted by Gasteiger charge is -2.35. The first-order chi connectivity index (χ1) is 15.6. The number of likely N-dealkylation sites (tertiary alicyclic amines) is 1. The number of carbonyl (C=O) groups is 1. The molecule has 168 valence electrons. The number of fused-ring (bicyclic) bond motifs is 1. The van der Waals surface area contributed by atoms with E-state index >= 15 is 0 Å². The first-order valence-corrected chi connectivity index (χ1v) is 11.3. The number of amides is 1. The number of methoxy groups -OCH3 is 1. The van der Waals surface area contributed by atoms with E-state index in [1.807, 2.05) is 43.3 Å². The smallest absolute Gasteiger partial charge is 0.287 e. The van der Waals surface area contributed by atoms with Crippen molar-refractivity contribution in [2.75, 3.05) is 26.7 Å². The summed E-state index contributed by atoms with van der Waals surface area (Å²) in [6, 6.07) is 14.8. The van der Waals surface area contributed by atoms with Gasteiger partial charge < -0.3 is 14.5 Å². The van der Waals surface area contributed by atoms with Crippen LogP contribution in [0.15, 0.2) is 57.7 Å². The molecule has 1 aliphatic rings. The molecule has 1 amide bonds. The number of rotatable bonds is 7.